The Labute approximate surface area is 125 Å². The molecule has 5 heteroatoms. The Balaban J connectivity index is 2.21. The molecule has 0 saturated heterocycles. The third-order valence-electron chi connectivity index (χ3n) is 3.70. The van der Waals surface area contributed by atoms with Crippen molar-refractivity contribution in [2.45, 2.75) is 32.8 Å². The van der Waals surface area contributed by atoms with Gasteiger partial charge in [0.05, 0.1) is 15.5 Å². The van der Waals surface area contributed by atoms with Crippen molar-refractivity contribution in [3.05, 3.63) is 26.7 Å². The van der Waals surface area contributed by atoms with Crippen LogP contribution in [0, 0.1) is 5.41 Å². The van der Waals surface area contributed by atoms with Gasteiger partial charge in [-0.15, -0.1) is 0 Å². The van der Waals surface area contributed by atoms with Gasteiger partial charge in [0.1, 0.15) is 17.6 Å². The molecule has 1 aromatic carbocycles. The highest BCUT2D eigenvalue weighted by atomic mass is 79.9. The summed E-state index contributed by atoms with van der Waals surface area (Å²) in [6.45, 7) is 3.92. The van der Waals surface area contributed by atoms with E-state index >= 15 is 0 Å². The molecule has 0 aliphatic heterocycles. The number of benzene rings is 1. The molecule has 1 fully saturated rings. The summed E-state index contributed by atoms with van der Waals surface area (Å²) in [5.74, 6) is 0.774. The number of halogens is 3. The minimum absolute atomic E-state index is 0.121. The minimum atomic E-state index is -0.400. The van der Waals surface area contributed by atoms with Crippen LogP contribution in [0.1, 0.15) is 26.7 Å². The van der Waals surface area contributed by atoms with Gasteiger partial charge < -0.3 is 4.74 Å². The molecule has 1 aromatic rings. The lowest BCUT2D eigenvalue weighted by Crippen LogP contribution is -2.54. The lowest BCUT2D eigenvalue weighted by molar-refractivity contribution is -0.150. The van der Waals surface area contributed by atoms with Gasteiger partial charge in [0.2, 0.25) is 0 Å². The molecule has 0 bridgehead atoms. The van der Waals surface area contributed by atoms with Crippen LogP contribution in [0.2, 0.25) is 10.0 Å². The molecular formula is C13H13BrCl2O2. The predicted octanol–water partition coefficient (Wildman–Crippen LogP) is 4.89. The zero-order valence-corrected chi connectivity index (χ0v) is 13.2. The van der Waals surface area contributed by atoms with Crippen molar-refractivity contribution in [1.29, 1.82) is 0 Å². The molecule has 0 heterocycles. The molecule has 0 radical (unpaired) electrons. The number of hydrogen-bond donors (Lipinski definition) is 0. The van der Waals surface area contributed by atoms with Gasteiger partial charge in [-0.2, -0.15) is 0 Å². The van der Waals surface area contributed by atoms with E-state index in [-0.39, 0.29) is 11.9 Å². The number of Topliss-reactive ketones (excluding diaryl/α,β-unsaturated/α-hetero) is 1. The smallest absolute Gasteiger partial charge is 0.146 e. The van der Waals surface area contributed by atoms with Gasteiger partial charge in [-0.25, -0.2) is 0 Å². The molecule has 1 aliphatic rings. The summed E-state index contributed by atoms with van der Waals surface area (Å²) < 4.78 is 6.56. The fraction of sp³-hybridized carbons (Fsp3) is 0.462. The average molecular weight is 352 g/mol. The van der Waals surface area contributed by atoms with E-state index in [0.717, 1.165) is 10.9 Å². The maximum Gasteiger partial charge on any atom is 0.146 e. The number of ether oxygens (including phenoxy) is 1. The van der Waals surface area contributed by atoms with Crippen molar-refractivity contribution >= 4 is 44.9 Å². The van der Waals surface area contributed by atoms with Gasteiger partial charge >= 0.3 is 0 Å². The topological polar surface area (TPSA) is 26.3 Å². The quantitative estimate of drug-likeness (QED) is 0.724. The normalized spacial score (nSPS) is 26.9. The lowest BCUT2D eigenvalue weighted by atomic mass is 9.64. The first-order valence-corrected chi connectivity index (χ1v) is 7.28. The number of carbonyl (C=O) groups is 1. The monoisotopic (exact) mass is 350 g/mol. The Hall–Kier alpha value is -0.250. The molecule has 98 valence electrons. The fourth-order valence-electron chi connectivity index (χ4n) is 2.02. The van der Waals surface area contributed by atoms with E-state index in [1.54, 1.807) is 12.1 Å². The van der Waals surface area contributed by atoms with Crippen LogP contribution in [0.4, 0.5) is 0 Å². The molecule has 2 unspecified atom stereocenters. The molecule has 2 atom stereocenters. The van der Waals surface area contributed by atoms with Crippen molar-refractivity contribution < 1.29 is 9.53 Å². The van der Waals surface area contributed by atoms with Crippen LogP contribution >= 0.6 is 39.1 Å². The Morgan fingerprint density at radius 3 is 2.67 bits per heavy atom. The van der Waals surface area contributed by atoms with Gasteiger partial charge in [-0.1, -0.05) is 30.1 Å². The average Bonchev–Trinajstić information content (AvgIpc) is 2.34. The summed E-state index contributed by atoms with van der Waals surface area (Å²) in [7, 11) is 0. The first-order valence-electron chi connectivity index (χ1n) is 5.73. The molecule has 0 aromatic heterocycles. The summed E-state index contributed by atoms with van der Waals surface area (Å²) in [5.41, 5.74) is -0.400. The zero-order chi connectivity index (χ0) is 13.5. The Kier molecular flexibility index (Phi) is 3.96. The van der Waals surface area contributed by atoms with Crippen LogP contribution in [-0.4, -0.2) is 11.9 Å². The maximum absolute atomic E-state index is 11.6. The molecule has 2 nitrogen and oxygen atoms in total. The van der Waals surface area contributed by atoms with Crippen molar-refractivity contribution in [3.8, 4) is 5.75 Å². The second kappa shape index (κ2) is 5.03. The predicted molar refractivity (Wildman–Crippen MR) is 76.6 cm³/mol. The van der Waals surface area contributed by atoms with Gasteiger partial charge in [0.25, 0.3) is 0 Å². The van der Waals surface area contributed by atoms with E-state index in [1.807, 2.05) is 13.8 Å². The Morgan fingerprint density at radius 2 is 2.11 bits per heavy atom. The van der Waals surface area contributed by atoms with Crippen molar-refractivity contribution in [3.63, 3.8) is 0 Å². The van der Waals surface area contributed by atoms with Gasteiger partial charge in [-0.3, -0.25) is 4.79 Å². The fourth-order valence-corrected chi connectivity index (χ4v) is 2.86. The van der Waals surface area contributed by atoms with Crippen LogP contribution in [-0.2, 0) is 4.79 Å². The molecule has 18 heavy (non-hydrogen) atoms. The number of rotatable bonds is 3. The maximum atomic E-state index is 11.6. The van der Waals surface area contributed by atoms with Crippen LogP contribution in [0.5, 0.6) is 5.75 Å². The zero-order valence-electron chi connectivity index (χ0n) is 10.1. The van der Waals surface area contributed by atoms with Crippen LogP contribution in [0.15, 0.2) is 16.6 Å². The highest BCUT2D eigenvalue weighted by Crippen LogP contribution is 2.44. The Bertz CT molecular complexity index is 504. The molecule has 0 spiro atoms. The number of hydrogen-bond acceptors (Lipinski definition) is 2. The molecule has 2 rings (SSSR count). The van der Waals surface area contributed by atoms with E-state index in [4.69, 9.17) is 27.9 Å². The van der Waals surface area contributed by atoms with E-state index < -0.39 is 5.41 Å². The molecular weight excluding hydrogens is 339 g/mol. The van der Waals surface area contributed by atoms with Gasteiger partial charge in [0, 0.05) is 17.0 Å². The summed E-state index contributed by atoms with van der Waals surface area (Å²) in [6.07, 6.45) is 1.08. The first kappa shape index (κ1) is 14.2. The largest absolute Gasteiger partial charge is 0.487 e. The highest BCUT2D eigenvalue weighted by molar-refractivity contribution is 9.10. The van der Waals surface area contributed by atoms with Crippen molar-refractivity contribution in [2.24, 2.45) is 5.41 Å². The van der Waals surface area contributed by atoms with Crippen molar-refractivity contribution in [2.75, 3.05) is 0 Å². The minimum Gasteiger partial charge on any atom is -0.487 e. The second-order valence-electron chi connectivity index (χ2n) is 4.70. The summed E-state index contributed by atoms with van der Waals surface area (Å²) in [5, 5.41) is 1.03. The highest BCUT2D eigenvalue weighted by Gasteiger charge is 2.51. The second-order valence-corrected chi connectivity index (χ2v) is 6.37. The first-order chi connectivity index (χ1) is 8.38. The van der Waals surface area contributed by atoms with E-state index in [9.17, 15) is 4.79 Å². The summed E-state index contributed by atoms with van der Waals surface area (Å²) in [4.78, 5) is 11.6. The third-order valence-corrected chi connectivity index (χ3v) is 5.19. The van der Waals surface area contributed by atoms with E-state index in [1.165, 1.54) is 0 Å². The molecule has 0 N–H and O–H groups in total. The number of carbonyl (C=O) groups excluding carboxylic acids is 1. The van der Waals surface area contributed by atoms with Crippen LogP contribution < -0.4 is 4.74 Å². The third kappa shape index (κ3) is 2.28. The SMILES string of the molecule is CCC1(C)C(=O)CC1Oc1cc(Cl)c(Br)cc1Cl. The standard InChI is InChI=1S/C13H13BrCl2O2/c1-3-13(2)11(17)6-12(13)18-10-5-8(15)7(14)4-9(10)16/h4-5,12H,3,6H2,1-2H3. The van der Waals surface area contributed by atoms with Crippen molar-refractivity contribution in [1.82, 2.24) is 0 Å². The van der Waals surface area contributed by atoms with E-state index in [0.29, 0.717) is 22.2 Å². The lowest BCUT2D eigenvalue weighted by Gasteiger charge is -2.44. The molecule has 1 aliphatic carbocycles. The van der Waals surface area contributed by atoms with Gasteiger partial charge in [0.15, 0.2) is 0 Å². The Morgan fingerprint density at radius 1 is 1.44 bits per heavy atom. The van der Waals surface area contributed by atoms with Crippen LogP contribution in [0.3, 0.4) is 0 Å². The van der Waals surface area contributed by atoms with Gasteiger partial charge in [-0.05, 0) is 35.3 Å². The number of ketones is 1. The van der Waals surface area contributed by atoms with E-state index in [2.05, 4.69) is 15.9 Å². The summed E-state index contributed by atoms with van der Waals surface area (Å²) >= 11 is 15.4. The van der Waals surface area contributed by atoms with Crippen LogP contribution in [0.25, 0.3) is 0 Å². The molecule has 1 saturated carbocycles. The molecule has 0 amide bonds. The summed E-state index contributed by atoms with van der Waals surface area (Å²) in [6, 6.07) is 3.37.